The van der Waals surface area contributed by atoms with Crippen LogP contribution in [0, 0.1) is 5.21 Å². The Bertz CT molecular complexity index is 68.8. The third kappa shape index (κ3) is 2.26. The van der Waals surface area contributed by atoms with Crippen LogP contribution in [-0.4, -0.2) is 43.2 Å². The maximum absolute atomic E-state index is 10.3. The fourth-order valence-corrected chi connectivity index (χ4v) is 0.577. The van der Waals surface area contributed by atoms with Gasteiger partial charge >= 0.3 is 0 Å². The van der Waals surface area contributed by atoms with E-state index in [4.69, 9.17) is 0 Å². The Balaban J connectivity index is 1.87. The topological polar surface area (TPSA) is 29.3 Å². The SMILES string of the molecule is CN([O-])CCN1CC1. The Morgan fingerprint density at radius 3 is 2.62 bits per heavy atom. The highest BCUT2D eigenvalue weighted by Crippen LogP contribution is 2.00. The fourth-order valence-electron chi connectivity index (χ4n) is 0.577. The van der Waals surface area contributed by atoms with E-state index in [0.717, 1.165) is 11.6 Å². The van der Waals surface area contributed by atoms with Crippen molar-refractivity contribution in [1.82, 2.24) is 9.96 Å². The number of likely N-dealkylation sites (N-methyl/N-ethyl adjacent to an activating group) is 1. The van der Waals surface area contributed by atoms with Crippen molar-refractivity contribution in [2.45, 2.75) is 0 Å². The summed E-state index contributed by atoms with van der Waals surface area (Å²) in [6.45, 7) is 3.97. The van der Waals surface area contributed by atoms with Crippen molar-refractivity contribution in [1.29, 1.82) is 0 Å². The van der Waals surface area contributed by atoms with Gasteiger partial charge in [0, 0.05) is 19.6 Å². The molecule has 0 N–H and O–H groups in total. The lowest BCUT2D eigenvalue weighted by Crippen LogP contribution is -2.18. The van der Waals surface area contributed by atoms with E-state index in [1.807, 2.05) is 0 Å². The molecule has 0 bridgehead atoms. The Morgan fingerprint density at radius 2 is 2.25 bits per heavy atom. The molecule has 0 saturated carbocycles. The molecule has 1 heterocycles. The van der Waals surface area contributed by atoms with Gasteiger partial charge in [-0.1, -0.05) is 0 Å². The first-order valence-electron chi connectivity index (χ1n) is 2.89. The molecule has 48 valence electrons. The highest BCUT2D eigenvalue weighted by molar-refractivity contribution is 4.72. The largest absolute Gasteiger partial charge is 0.785 e. The summed E-state index contributed by atoms with van der Waals surface area (Å²) >= 11 is 0. The predicted octanol–water partition coefficient (Wildman–Crippen LogP) is -0.268. The second-order valence-corrected chi connectivity index (χ2v) is 2.19. The van der Waals surface area contributed by atoms with Gasteiger partial charge in [0.25, 0.3) is 0 Å². The quantitative estimate of drug-likeness (QED) is 0.374. The molecule has 0 unspecified atom stereocenters. The maximum Gasteiger partial charge on any atom is 0.0110 e. The third-order valence-corrected chi connectivity index (χ3v) is 1.27. The molecule has 3 nitrogen and oxygen atoms in total. The van der Waals surface area contributed by atoms with Gasteiger partial charge in [0.05, 0.1) is 0 Å². The number of hydrogen-bond acceptors (Lipinski definition) is 3. The first-order chi connectivity index (χ1) is 3.79. The molecule has 0 spiro atoms. The Morgan fingerprint density at radius 1 is 1.62 bits per heavy atom. The first-order valence-corrected chi connectivity index (χ1v) is 2.89. The van der Waals surface area contributed by atoms with Crippen LogP contribution in [0.5, 0.6) is 0 Å². The standard InChI is InChI=1S/C5H11N2O/c1-6(8)2-3-7-4-5-7/h2-5H2,1H3/q-1. The normalized spacial score (nSPS) is 19.9. The van der Waals surface area contributed by atoms with Crippen molar-refractivity contribution in [2.75, 3.05) is 33.2 Å². The summed E-state index contributed by atoms with van der Waals surface area (Å²) in [6, 6.07) is 0. The average Bonchev–Trinajstić information content (AvgIpc) is 2.41. The zero-order chi connectivity index (χ0) is 5.98. The second-order valence-electron chi connectivity index (χ2n) is 2.19. The number of rotatable bonds is 3. The Labute approximate surface area is 49.5 Å². The Kier molecular flexibility index (Phi) is 1.83. The van der Waals surface area contributed by atoms with Crippen molar-refractivity contribution in [3.05, 3.63) is 5.21 Å². The molecule has 0 aromatic rings. The van der Waals surface area contributed by atoms with E-state index < -0.39 is 0 Å². The summed E-state index contributed by atoms with van der Waals surface area (Å²) in [5.74, 6) is 0. The summed E-state index contributed by atoms with van der Waals surface area (Å²) in [5, 5.41) is 11.2. The summed E-state index contributed by atoms with van der Waals surface area (Å²) in [5.41, 5.74) is 0. The molecule has 0 radical (unpaired) electrons. The van der Waals surface area contributed by atoms with Crippen molar-refractivity contribution in [3.8, 4) is 0 Å². The van der Waals surface area contributed by atoms with Gasteiger partial charge < -0.3 is 10.3 Å². The minimum Gasteiger partial charge on any atom is -0.785 e. The van der Waals surface area contributed by atoms with Crippen LogP contribution >= 0.6 is 0 Å². The van der Waals surface area contributed by atoms with Gasteiger partial charge in [0.2, 0.25) is 0 Å². The van der Waals surface area contributed by atoms with Crippen LogP contribution in [0.3, 0.4) is 0 Å². The lowest BCUT2D eigenvalue weighted by molar-refractivity contribution is 0.404. The minimum absolute atomic E-state index is 0.653. The van der Waals surface area contributed by atoms with Gasteiger partial charge in [0.15, 0.2) is 0 Å². The van der Waals surface area contributed by atoms with Crippen molar-refractivity contribution in [2.24, 2.45) is 0 Å². The second kappa shape index (κ2) is 2.44. The minimum atomic E-state index is 0.653. The molecular weight excluding hydrogens is 104 g/mol. The maximum atomic E-state index is 10.3. The van der Waals surface area contributed by atoms with E-state index in [1.54, 1.807) is 7.05 Å². The van der Waals surface area contributed by atoms with Crippen molar-refractivity contribution >= 4 is 0 Å². The molecule has 0 amide bonds. The Hall–Kier alpha value is -0.120. The van der Waals surface area contributed by atoms with Gasteiger partial charge in [0.1, 0.15) is 0 Å². The van der Waals surface area contributed by atoms with Gasteiger partial charge in [-0.3, -0.25) is 4.90 Å². The van der Waals surface area contributed by atoms with Crippen LogP contribution in [-0.2, 0) is 0 Å². The molecule has 8 heavy (non-hydrogen) atoms. The summed E-state index contributed by atoms with van der Waals surface area (Å²) in [7, 11) is 1.56. The van der Waals surface area contributed by atoms with Crippen molar-refractivity contribution < 1.29 is 0 Å². The van der Waals surface area contributed by atoms with Crippen LogP contribution in [0.2, 0.25) is 0 Å². The lowest BCUT2D eigenvalue weighted by Gasteiger charge is -2.21. The summed E-state index contributed by atoms with van der Waals surface area (Å²) in [4.78, 5) is 2.23. The molecule has 1 aliphatic rings. The van der Waals surface area contributed by atoms with Crippen LogP contribution in [0.1, 0.15) is 0 Å². The van der Waals surface area contributed by atoms with Gasteiger partial charge in [-0.25, -0.2) is 0 Å². The van der Waals surface area contributed by atoms with E-state index in [1.165, 1.54) is 13.1 Å². The molecule has 1 fully saturated rings. The molecular formula is C5H11N2O-. The number of hydrogen-bond donors (Lipinski definition) is 0. The molecule has 0 aromatic carbocycles. The monoisotopic (exact) mass is 115 g/mol. The molecule has 1 rings (SSSR count). The molecule has 1 saturated heterocycles. The van der Waals surface area contributed by atoms with E-state index >= 15 is 0 Å². The highest BCUT2D eigenvalue weighted by Gasteiger charge is 2.14. The van der Waals surface area contributed by atoms with Gasteiger partial charge in [-0.2, -0.15) is 0 Å². The predicted molar refractivity (Wildman–Crippen MR) is 32.4 cm³/mol. The van der Waals surface area contributed by atoms with E-state index in [2.05, 4.69) is 4.90 Å². The zero-order valence-corrected chi connectivity index (χ0v) is 5.13. The molecule has 0 aromatic heterocycles. The number of hydroxylamine groups is 2. The van der Waals surface area contributed by atoms with Gasteiger partial charge in [-0.05, 0) is 13.6 Å². The van der Waals surface area contributed by atoms with E-state index in [9.17, 15) is 5.21 Å². The first kappa shape index (κ1) is 6.01. The fraction of sp³-hybridized carbons (Fsp3) is 1.00. The average molecular weight is 115 g/mol. The van der Waals surface area contributed by atoms with Crippen LogP contribution in [0.25, 0.3) is 0 Å². The third-order valence-electron chi connectivity index (χ3n) is 1.27. The zero-order valence-electron chi connectivity index (χ0n) is 5.13. The van der Waals surface area contributed by atoms with E-state index in [0.29, 0.717) is 6.54 Å². The number of nitrogens with zero attached hydrogens (tertiary/aromatic N) is 2. The molecule has 0 aliphatic carbocycles. The smallest absolute Gasteiger partial charge is 0.0110 e. The van der Waals surface area contributed by atoms with Gasteiger partial charge in [-0.15, -0.1) is 0 Å². The van der Waals surface area contributed by atoms with Crippen molar-refractivity contribution in [3.63, 3.8) is 0 Å². The van der Waals surface area contributed by atoms with Crippen LogP contribution in [0.4, 0.5) is 0 Å². The van der Waals surface area contributed by atoms with E-state index in [-0.39, 0.29) is 0 Å². The highest BCUT2D eigenvalue weighted by atomic mass is 16.5. The molecule has 1 aliphatic heterocycles. The van der Waals surface area contributed by atoms with Crippen LogP contribution < -0.4 is 0 Å². The molecule has 3 heteroatoms. The van der Waals surface area contributed by atoms with Crippen LogP contribution in [0.15, 0.2) is 0 Å². The lowest BCUT2D eigenvalue weighted by atomic mass is 10.6. The molecule has 0 atom stereocenters. The summed E-state index contributed by atoms with van der Waals surface area (Å²) in [6.07, 6.45) is 0. The summed E-state index contributed by atoms with van der Waals surface area (Å²) < 4.78 is 0.